The highest BCUT2D eigenvalue weighted by Gasteiger charge is 2.48. The van der Waals surface area contributed by atoms with Crippen LogP contribution >= 0.6 is 23.3 Å². The lowest BCUT2D eigenvalue weighted by atomic mass is 10.1. The van der Waals surface area contributed by atoms with Gasteiger partial charge in [0.15, 0.2) is 10.7 Å². The normalized spacial score (nSPS) is 20.9. The Bertz CT molecular complexity index is 1200. The Balaban J connectivity index is 1.40. The fourth-order valence-electron chi connectivity index (χ4n) is 4.00. The molecule has 0 bridgehead atoms. The van der Waals surface area contributed by atoms with Crippen LogP contribution in [0.3, 0.4) is 0 Å². The molecule has 2 aliphatic carbocycles. The molecule has 3 aliphatic rings. The lowest BCUT2D eigenvalue weighted by Gasteiger charge is -2.30. The van der Waals surface area contributed by atoms with Crippen molar-refractivity contribution in [3.8, 4) is 16.8 Å². The zero-order valence-electron chi connectivity index (χ0n) is 17.5. The van der Waals surface area contributed by atoms with Crippen LogP contribution < -0.4 is 14.9 Å². The van der Waals surface area contributed by atoms with Gasteiger partial charge in [0.1, 0.15) is 22.8 Å². The molecule has 0 amide bonds. The quantitative estimate of drug-likeness (QED) is 0.509. The van der Waals surface area contributed by atoms with E-state index in [0.717, 1.165) is 83.8 Å². The molecule has 32 heavy (non-hydrogen) atoms. The Morgan fingerprint density at radius 2 is 2.06 bits per heavy atom. The first-order valence-corrected chi connectivity index (χ1v) is 12.5. The Morgan fingerprint density at radius 3 is 2.75 bits per heavy atom. The van der Waals surface area contributed by atoms with Crippen LogP contribution in [0.4, 0.5) is 10.1 Å². The van der Waals surface area contributed by atoms with Crippen molar-refractivity contribution in [1.82, 2.24) is 29.6 Å². The Hall–Kier alpha value is -2.26. The molecule has 2 saturated carbocycles. The standard InChI is InChI=1S/C21H23FN8S2/c22-12-21(3-4-21)28-32-14-9-15(29-7-5-24-6-8-29)17-25-10-16(30(17)11-14)18-26-27-19(31-18)20(13-23)1-2-20/h9-11,24,28H,1-8,12H2. The number of halogens is 1. The zero-order chi connectivity index (χ0) is 21.8. The van der Waals surface area contributed by atoms with Gasteiger partial charge in [-0.2, -0.15) is 5.26 Å². The van der Waals surface area contributed by atoms with E-state index in [2.05, 4.69) is 41.7 Å². The van der Waals surface area contributed by atoms with Crippen molar-refractivity contribution in [3.63, 3.8) is 0 Å². The van der Waals surface area contributed by atoms with Crippen molar-refractivity contribution in [1.29, 1.82) is 5.26 Å². The number of hydrogen-bond donors (Lipinski definition) is 2. The number of fused-ring (bicyclic) bond motifs is 1. The van der Waals surface area contributed by atoms with Gasteiger partial charge in [-0.05, 0) is 43.7 Å². The van der Waals surface area contributed by atoms with E-state index in [1.54, 1.807) is 0 Å². The van der Waals surface area contributed by atoms with Crippen LogP contribution in [0.25, 0.3) is 16.3 Å². The predicted molar refractivity (Wildman–Crippen MR) is 123 cm³/mol. The first-order valence-electron chi connectivity index (χ1n) is 10.9. The molecule has 3 aromatic rings. The Labute approximate surface area is 193 Å². The van der Waals surface area contributed by atoms with Gasteiger partial charge < -0.3 is 10.2 Å². The van der Waals surface area contributed by atoms with Gasteiger partial charge in [0.2, 0.25) is 0 Å². The number of imidazole rings is 1. The number of rotatable bonds is 7. The summed E-state index contributed by atoms with van der Waals surface area (Å²) in [7, 11) is 0. The minimum atomic E-state index is -0.446. The topological polar surface area (TPSA) is 94.2 Å². The lowest BCUT2D eigenvalue weighted by molar-refractivity contribution is 0.402. The summed E-state index contributed by atoms with van der Waals surface area (Å²) in [5.74, 6) is 0. The zero-order valence-corrected chi connectivity index (χ0v) is 19.1. The number of aromatic nitrogens is 4. The number of nitrogens with zero attached hydrogens (tertiary/aromatic N) is 6. The summed E-state index contributed by atoms with van der Waals surface area (Å²) in [4.78, 5) is 8.09. The van der Waals surface area contributed by atoms with E-state index >= 15 is 0 Å². The fraction of sp³-hybridized carbons (Fsp3) is 0.524. The second-order valence-electron chi connectivity index (χ2n) is 8.86. The Morgan fingerprint density at radius 1 is 1.25 bits per heavy atom. The number of anilines is 1. The van der Waals surface area contributed by atoms with Crippen LogP contribution in [0, 0.1) is 11.3 Å². The van der Waals surface area contributed by atoms with Gasteiger partial charge in [0.25, 0.3) is 0 Å². The summed E-state index contributed by atoms with van der Waals surface area (Å²) in [6.07, 6.45) is 7.31. The monoisotopic (exact) mass is 470 g/mol. The third kappa shape index (κ3) is 3.46. The Kier molecular flexibility index (Phi) is 4.87. The van der Waals surface area contributed by atoms with Crippen LogP contribution in [0.15, 0.2) is 23.4 Å². The third-order valence-corrected chi connectivity index (χ3v) is 8.68. The number of hydrogen-bond acceptors (Lipinski definition) is 9. The summed E-state index contributed by atoms with van der Waals surface area (Å²) in [5.41, 5.74) is 1.98. The highest BCUT2D eigenvalue weighted by molar-refractivity contribution is 7.97. The van der Waals surface area contributed by atoms with Gasteiger partial charge in [0, 0.05) is 37.3 Å². The van der Waals surface area contributed by atoms with E-state index in [9.17, 15) is 9.65 Å². The van der Waals surface area contributed by atoms with Crippen LogP contribution in [0.2, 0.25) is 0 Å². The molecule has 2 N–H and O–H groups in total. The summed E-state index contributed by atoms with van der Waals surface area (Å²) in [6, 6.07) is 4.54. The van der Waals surface area contributed by atoms with Gasteiger partial charge in [-0.25, -0.2) is 9.37 Å². The predicted octanol–water partition coefficient (Wildman–Crippen LogP) is 2.92. The summed E-state index contributed by atoms with van der Waals surface area (Å²) in [5, 5.41) is 23.2. The molecule has 0 radical (unpaired) electrons. The average Bonchev–Trinajstić information content (AvgIpc) is 3.72. The largest absolute Gasteiger partial charge is 0.366 e. The van der Waals surface area contributed by atoms with Gasteiger partial charge in [-0.15, -0.1) is 10.2 Å². The molecule has 166 valence electrons. The molecular weight excluding hydrogens is 447 g/mol. The average molecular weight is 471 g/mol. The van der Waals surface area contributed by atoms with E-state index in [-0.39, 0.29) is 12.2 Å². The molecule has 0 unspecified atom stereocenters. The van der Waals surface area contributed by atoms with E-state index < -0.39 is 5.41 Å². The van der Waals surface area contributed by atoms with Crippen molar-refractivity contribution in [2.45, 2.75) is 41.5 Å². The molecule has 1 aliphatic heterocycles. The molecular formula is C21H23FN8S2. The molecule has 0 aromatic carbocycles. The number of nitrogens with one attached hydrogen (secondary N) is 2. The minimum Gasteiger partial charge on any atom is -0.366 e. The van der Waals surface area contributed by atoms with Gasteiger partial charge >= 0.3 is 0 Å². The number of piperazine rings is 1. The van der Waals surface area contributed by atoms with Crippen LogP contribution in [-0.2, 0) is 5.41 Å². The van der Waals surface area contributed by atoms with E-state index in [1.807, 2.05) is 12.4 Å². The van der Waals surface area contributed by atoms with Crippen LogP contribution in [-0.4, -0.2) is 58.0 Å². The second-order valence-corrected chi connectivity index (χ2v) is 10.7. The first-order chi connectivity index (χ1) is 15.7. The maximum absolute atomic E-state index is 13.4. The fourth-order valence-corrected chi connectivity index (χ4v) is 5.97. The summed E-state index contributed by atoms with van der Waals surface area (Å²) >= 11 is 2.96. The lowest BCUT2D eigenvalue weighted by Crippen LogP contribution is -2.43. The summed E-state index contributed by atoms with van der Waals surface area (Å²) < 4.78 is 18.8. The third-order valence-electron chi connectivity index (χ3n) is 6.53. The van der Waals surface area contributed by atoms with Gasteiger partial charge in [0.05, 0.1) is 23.5 Å². The van der Waals surface area contributed by atoms with Gasteiger partial charge in [-0.3, -0.25) is 9.12 Å². The molecule has 11 heteroatoms. The van der Waals surface area contributed by atoms with E-state index in [1.165, 1.54) is 23.3 Å². The summed E-state index contributed by atoms with van der Waals surface area (Å²) in [6.45, 7) is 3.31. The molecule has 3 aromatic heterocycles. The highest BCUT2D eigenvalue weighted by atomic mass is 32.2. The van der Waals surface area contributed by atoms with E-state index in [0.29, 0.717) is 0 Å². The van der Waals surface area contributed by atoms with Crippen molar-refractivity contribution in [2.75, 3.05) is 37.8 Å². The molecule has 3 fully saturated rings. The molecule has 6 rings (SSSR count). The van der Waals surface area contributed by atoms with Gasteiger partial charge in [-0.1, -0.05) is 11.3 Å². The number of pyridine rings is 1. The van der Waals surface area contributed by atoms with Crippen molar-refractivity contribution in [2.24, 2.45) is 0 Å². The van der Waals surface area contributed by atoms with E-state index in [4.69, 9.17) is 4.98 Å². The SMILES string of the molecule is N#CC1(c2nnc(-c3cnc4c(N5CCNCC5)cc(SNC5(CF)CC5)cn34)s2)CC1. The van der Waals surface area contributed by atoms with Crippen molar-refractivity contribution in [3.05, 3.63) is 23.5 Å². The molecule has 1 saturated heterocycles. The molecule has 4 heterocycles. The molecule has 0 atom stereocenters. The maximum Gasteiger partial charge on any atom is 0.166 e. The number of nitriles is 1. The van der Waals surface area contributed by atoms with Crippen molar-refractivity contribution < 1.29 is 4.39 Å². The second kappa shape index (κ2) is 7.66. The maximum atomic E-state index is 13.4. The number of alkyl halides is 1. The first kappa shape index (κ1) is 20.4. The highest BCUT2D eigenvalue weighted by Crippen LogP contribution is 2.49. The molecule has 8 nitrogen and oxygen atoms in total. The van der Waals surface area contributed by atoms with Crippen LogP contribution in [0.1, 0.15) is 30.7 Å². The van der Waals surface area contributed by atoms with Crippen LogP contribution in [0.5, 0.6) is 0 Å². The molecule has 0 spiro atoms. The smallest absolute Gasteiger partial charge is 0.166 e. The van der Waals surface area contributed by atoms with Crippen molar-refractivity contribution >= 4 is 34.6 Å². The minimum absolute atomic E-state index is 0.350.